The molecular formula is C8H11+. The van der Waals surface area contributed by atoms with Crippen LogP contribution in [0.1, 0.15) is 12.6 Å². The minimum atomic E-state index is 0. The smallest absolute Gasteiger partial charge is 0.0591 e. The van der Waals surface area contributed by atoms with Crippen LogP contribution in [0.5, 0.6) is 0 Å². The van der Waals surface area contributed by atoms with Gasteiger partial charge in [-0.2, -0.15) is 0 Å². The first kappa shape index (κ1) is 5.36. The van der Waals surface area contributed by atoms with E-state index in [1.54, 1.807) is 0 Å². The van der Waals surface area contributed by atoms with Crippen molar-refractivity contribution in [3.8, 4) is 0 Å². The van der Waals surface area contributed by atoms with Crippen LogP contribution in [0, 0.1) is 13.8 Å². The Balaban J connectivity index is 0.000000640. The van der Waals surface area contributed by atoms with Crippen molar-refractivity contribution >= 4 is 0 Å². The van der Waals surface area contributed by atoms with E-state index in [9.17, 15) is 0 Å². The zero-order valence-electron chi connectivity index (χ0n) is 6.31. The van der Waals surface area contributed by atoms with Crippen molar-refractivity contribution in [2.45, 2.75) is 13.8 Å². The van der Waals surface area contributed by atoms with Gasteiger partial charge in [0.2, 0.25) is 0 Å². The van der Waals surface area contributed by atoms with Gasteiger partial charge in [-0.05, 0) is 13.8 Å². The molecular weight excluding hydrogens is 96.1 g/mol. The molecule has 0 aliphatic rings. The predicted molar refractivity (Wildman–Crippen MR) is 37.0 cm³/mol. The maximum Gasteiger partial charge on any atom is 1.00 e. The SMILES string of the molecule is Cc1ccc(C)cc1.[H+]. The molecule has 0 heteroatoms. The Morgan fingerprint density at radius 1 is 0.875 bits per heavy atom. The summed E-state index contributed by atoms with van der Waals surface area (Å²) >= 11 is 0. The highest BCUT2D eigenvalue weighted by atomic mass is 13.9. The van der Waals surface area contributed by atoms with E-state index in [-0.39, 0.29) is 1.43 Å². The Morgan fingerprint density at radius 2 is 1.12 bits per heavy atom. The van der Waals surface area contributed by atoms with Gasteiger partial charge in [-0.1, -0.05) is 35.4 Å². The first-order chi connectivity index (χ1) is 3.79. The molecule has 0 N–H and O–H groups in total. The summed E-state index contributed by atoms with van der Waals surface area (Å²) in [6.07, 6.45) is 0. The van der Waals surface area contributed by atoms with Crippen LogP contribution >= 0.6 is 0 Å². The monoisotopic (exact) mass is 107 g/mol. The van der Waals surface area contributed by atoms with Gasteiger partial charge in [0.25, 0.3) is 0 Å². The minimum Gasteiger partial charge on any atom is -0.0591 e. The second-order valence-electron chi connectivity index (χ2n) is 2.15. The van der Waals surface area contributed by atoms with E-state index in [0.29, 0.717) is 0 Å². The fourth-order valence-electron chi connectivity index (χ4n) is 0.637. The van der Waals surface area contributed by atoms with Crippen LogP contribution < -0.4 is 0 Å². The Bertz CT molecular complexity index is 143. The second kappa shape index (κ2) is 1.99. The van der Waals surface area contributed by atoms with Gasteiger partial charge in [-0.25, -0.2) is 0 Å². The molecule has 0 atom stereocenters. The summed E-state index contributed by atoms with van der Waals surface area (Å²) in [5, 5.41) is 0. The largest absolute Gasteiger partial charge is 1.00 e. The molecule has 1 aromatic rings. The molecule has 0 bridgehead atoms. The van der Waals surface area contributed by atoms with Crippen LogP contribution in [0.3, 0.4) is 0 Å². The summed E-state index contributed by atoms with van der Waals surface area (Å²) in [4.78, 5) is 0. The van der Waals surface area contributed by atoms with Gasteiger partial charge in [0.05, 0.1) is 0 Å². The van der Waals surface area contributed by atoms with Gasteiger partial charge in [0, 0.05) is 0 Å². The molecule has 42 valence electrons. The summed E-state index contributed by atoms with van der Waals surface area (Å²) in [5.74, 6) is 0. The summed E-state index contributed by atoms with van der Waals surface area (Å²) < 4.78 is 0. The maximum atomic E-state index is 2.12. The molecule has 0 spiro atoms. The molecule has 0 radical (unpaired) electrons. The van der Waals surface area contributed by atoms with Gasteiger partial charge in [0.15, 0.2) is 0 Å². The average molecular weight is 107 g/mol. The molecule has 8 heavy (non-hydrogen) atoms. The summed E-state index contributed by atoms with van der Waals surface area (Å²) in [7, 11) is 0. The standard InChI is InChI=1S/C8H10/c1-7-3-5-8(2)6-4-7/h3-6H,1-2H3/p+1. The summed E-state index contributed by atoms with van der Waals surface area (Å²) in [6.45, 7) is 4.19. The Hall–Kier alpha value is -0.780. The zero-order valence-corrected chi connectivity index (χ0v) is 5.31. The lowest BCUT2D eigenvalue weighted by Crippen LogP contribution is -1.70. The maximum absolute atomic E-state index is 2.12. The van der Waals surface area contributed by atoms with E-state index in [4.69, 9.17) is 0 Å². The lowest BCUT2D eigenvalue weighted by molar-refractivity contribution is 1.40. The lowest BCUT2D eigenvalue weighted by Gasteiger charge is -1.90. The number of benzene rings is 1. The van der Waals surface area contributed by atoms with Crippen LogP contribution in [-0.2, 0) is 0 Å². The fraction of sp³-hybridized carbons (Fsp3) is 0.250. The van der Waals surface area contributed by atoms with Gasteiger partial charge < -0.3 is 0 Å². The Labute approximate surface area is 51.6 Å². The molecule has 1 aromatic carbocycles. The quantitative estimate of drug-likeness (QED) is 0.477. The van der Waals surface area contributed by atoms with Crippen molar-refractivity contribution in [2.24, 2.45) is 0 Å². The highest BCUT2D eigenvalue weighted by Crippen LogP contribution is 1.99. The highest BCUT2D eigenvalue weighted by molar-refractivity contribution is 5.19. The molecule has 0 saturated heterocycles. The predicted octanol–water partition coefficient (Wildman–Crippen LogP) is 2.42. The highest BCUT2D eigenvalue weighted by Gasteiger charge is 1.79. The van der Waals surface area contributed by atoms with Crippen molar-refractivity contribution in [2.75, 3.05) is 0 Å². The van der Waals surface area contributed by atoms with Crippen LogP contribution in [0.4, 0.5) is 0 Å². The molecule has 0 nitrogen and oxygen atoms in total. The summed E-state index contributed by atoms with van der Waals surface area (Å²) in [6, 6.07) is 8.48. The first-order valence-electron chi connectivity index (χ1n) is 2.82. The molecule has 0 amide bonds. The molecule has 0 heterocycles. The molecule has 0 aliphatic carbocycles. The normalized spacial score (nSPS) is 9.25. The first-order valence-corrected chi connectivity index (χ1v) is 2.82. The van der Waals surface area contributed by atoms with Crippen molar-refractivity contribution in [1.29, 1.82) is 0 Å². The third-order valence-electron chi connectivity index (χ3n) is 1.22. The van der Waals surface area contributed by atoms with Crippen molar-refractivity contribution in [3.05, 3.63) is 35.4 Å². The van der Waals surface area contributed by atoms with Crippen LogP contribution in [0.2, 0.25) is 0 Å². The van der Waals surface area contributed by atoms with Crippen LogP contribution in [-0.4, -0.2) is 0 Å². The van der Waals surface area contributed by atoms with E-state index in [0.717, 1.165) is 0 Å². The molecule has 0 unspecified atom stereocenters. The van der Waals surface area contributed by atoms with Crippen molar-refractivity contribution in [3.63, 3.8) is 0 Å². The van der Waals surface area contributed by atoms with Gasteiger partial charge in [0.1, 0.15) is 0 Å². The van der Waals surface area contributed by atoms with Crippen LogP contribution in [0.15, 0.2) is 24.3 Å². The molecule has 0 aromatic heterocycles. The zero-order chi connectivity index (χ0) is 5.98. The molecule has 0 saturated carbocycles. The van der Waals surface area contributed by atoms with E-state index >= 15 is 0 Å². The van der Waals surface area contributed by atoms with Gasteiger partial charge in [-0.15, -0.1) is 0 Å². The van der Waals surface area contributed by atoms with E-state index in [1.165, 1.54) is 11.1 Å². The fourth-order valence-corrected chi connectivity index (χ4v) is 0.637. The topological polar surface area (TPSA) is 0 Å². The van der Waals surface area contributed by atoms with Crippen LogP contribution in [0.25, 0.3) is 0 Å². The third-order valence-corrected chi connectivity index (χ3v) is 1.22. The van der Waals surface area contributed by atoms with Gasteiger partial charge >= 0.3 is 1.43 Å². The van der Waals surface area contributed by atoms with E-state index in [2.05, 4.69) is 38.1 Å². The number of hydrogen-bond acceptors (Lipinski definition) is 0. The van der Waals surface area contributed by atoms with Crippen molar-refractivity contribution < 1.29 is 1.43 Å². The number of aryl methyl sites for hydroxylation is 2. The summed E-state index contributed by atoms with van der Waals surface area (Å²) in [5.41, 5.74) is 2.66. The second-order valence-corrected chi connectivity index (χ2v) is 2.15. The average Bonchev–Trinajstić information content (AvgIpc) is 1.77. The molecule has 0 aliphatic heterocycles. The van der Waals surface area contributed by atoms with E-state index in [1.807, 2.05) is 0 Å². The Kier molecular flexibility index (Phi) is 1.34. The lowest BCUT2D eigenvalue weighted by atomic mass is 10.2. The molecule has 1 rings (SSSR count). The third kappa shape index (κ3) is 1.09. The van der Waals surface area contributed by atoms with E-state index < -0.39 is 0 Å². The number of rotatable bonds is 0. The Morgan fingerprint density at radius 3 is 1.38 bits per heavy atom. The van der Waals surface area contributed by atoms with Crippen molar-refractivity contribution in [1.82, 2.24) is 0 Å². The number of hydrogen-bond donors (Lipinski definition) is 0. The molecule has 0 fully saturated rings. The minimum absolute atomic E-state index is 0. The van der Waals surface area contributed by atoms with Gasteiger partial charge in [-0.3, -0.25) is 0 Å².